The lowest BCUT2D eigenvalue weighted by Gasteiger charge is -2.25. The smallest absolute Gasteiger partial charge is 0.411 e. The van der Waals surface area contributed by atoms with Gasteiger partial charge in [0.2, 0.25) is 0 Å². The maximum absolute atomic E-state index is 13.1. The number of anilines is 1. The molecule has 0 saturated heterocycles. The third-order valence-electron chi connectivity index (χ3n) is 5.91. The molecule has 0 saturated carbocycles. The molecule has 0 aliphatic heterocycles. The molecule has 0 atom stereocenters. The van der Waals surface area contributed by atoms with E-state index in [2.05, 4.69) is 22.5 Å². The molecule has 9 heteroatoms. The first-order valence-corrected chi connectivity index (χ1v) is 10.9. The maximum Gasteiger partial charge on any atom is 0.411 e. The van der Waals surface area contributed by atoms with Crippen molar-refractivity contribution in [2.24, 2.45) is 7.05 Å². The summed E-state index contributed by atoms with van der Waals surface area (Å²) in [6, 6.07) is 15.7. The van der Waals surface area contributed by atoms with E-state index in [-0.39, 0.29) is 29.9 Å². The van der Waals surface area contributed by atoms with Crippen molar-refractivity contribution >= 4 is 23.7 Å². The Labute approximate surface area is 196 Å². The second-order valence-corrected chi connectivity index (χ2v) is 8.40. The number of carbonyl (C=O) groups is 3. The number of amides is 2. The molecular weight excluding hydrogens is 436 g/mol. The minimum Gasteiger partial charge on any atom is -0.480 e. The molecule has 0 bridgehead atoms. The fourth-order valence-electron chi connectivity index (χ4n) is 4.30. The van der Waals surface area contributed by atoms with E-state index < -0.39 is 24.5 Å². The van der Waals surface area contributed by atoms with E-state index in [0.717, 1.165) is 22.3 Å². The average Bonchev–Trinajstić information content (AvgIpc) is 3.32. The number of hydrogen-bond acceptors (Lipinski definition) is 5. The van der Waals surface area contributed by atoms with Gasteiger partial charge in [-0.1, -0.05) is 48.5 Å². The van der Waals surface area contributed by atoms with E-state index >= 15 is 0 Å². The number of carboxylic acids is 1. The van der Waals surface area contributed by atoms with E-state index in [9.17, 15) is 19.5 Å². The van der Waals surface area contributed by atoms with Crippen LogP contribution in [0.4, 0.5) is 10.5 Å². The Bertz CT molecular complexity index is 1200. The van der Waals surface area contributed by atoms with Crippen LogP contribution < -0.4 is 5.32 Å². The number of rotatable bonds is 7. The summed E-state index contributed by atoms with van der Waals surface area (Å²) in [5.41, 5.74) is 4.66. The van der Waals surface area contributed by atoms with Gasteiger partial charge < -0.3 is 14.7 Å². The number of ether oxygens (including phenoxy) is 1. The maximum atomic E-state index is 13.1. The Morgan fingerprint density at radius 3 is 2.24 bits per heavy atom. The van der Waals surface area contributed by atoms with Gasteiger partial charge in [0.1, 0.15) is 18.8 Å². The molecule has 4 rings (SSSR count). The fourth-order valence-corrected chi connectivity index (χ4v) is 4.30. The largest absolute Gasteiger partial charge is 0.480 e. The molecule has 0 spiro atoms. The standard InChI is InChI=1S/C25H26N4O5/c1-15(2)29(13-22(30)31)24(32)23-21(12-26-28(23)3)27-25(33)34-14-20-18-10-6-4-8-16(18)17-9-5-7-11-19(17)20/h4-12,15,20H,13-14H2,1-3H3,(H,27,33)(H,30,31). The lowest BCUT2D eigenvalue weighted by atomic mass is 9.98. The summed E-state index contributed by atoms with van der Waals surface area (Å²) in [4.78, 5) is 38.1. The van der Waals surface area contributed by atoms with Gasteiger partial charge in [0, 0.05) is 19.0 Å². The summed E-state index contributed by atoms with van der Waals surface area (Å²) in [6.45, 7) is 3.10. The number of fused-ring (bicyclic) bond motifs is 3. The number of hydrogen-bond donors (Lipinski definition) is 2. The van der Waals surface area contributed by atoms with Gasteiger partial charge in [-0.25, -0.2) is 4.79 Å². The van der Waals surface area contributed by atoms with Crippen LogP contribution in [0.25, 0.3) is 11.1 Å². The molecule has 2 aromatic carbocycles. The monoisotopic (exact) mass is 462 g/mol. The fraction of sp³-hybridized carbons (Fsp3) is 0.280. The number of aliphatic carboxylic acids is 1. The highest BCUT2D eigenvalue weighted by atomic mass is 16.5. The molecule has 0 radical (unpaired) electrons. The van der Waals surface area contributed by atoms with Crippen molar-refractivity contribution in [1.29, 1.82) is 0 Å². The first-order chi connectivity index (χ1) is 16.3. The third kappa shape index (κ3) is 4.36. The molecule has 1 aliphatic carbocycles. The Balaban J connectivity index is 1.49. The minimum absolute atomic E-state index is 0.0726. The van der Waals surface area contributed by atoms with E-state index in [1.807, 2.05) is 36.4 Å². The molecule has 1 aliphatic rings. The predicted octanol–water partition coefficient (Wildman–Crippen LogP) is 3.72. The minimum atomic E-state index is -1.13. The van der Waals surface area contributed by atoms with Crippen LogP contribution in [-0.2, 0) is 16.6 Å². The topological polar surface area (TPSA) is 114 Å². The first kappa shape index (κ1) is 23.0. The van der Waals surface area contributed by atoms with Gasteiger partial charge in [-0.15, -0.1) is 0 Å². The molecule has 176 valence electrons. The summed E-state index contributed by atoms with van der Waals surface area (Å²) >= 11 is 0. The second-order valence-electron chi connectivity index (χ2n) is 8.40. The van der Waals surface area contributed by atoms with Crippen LogP contribution >= 0.6 is 0 Å². The van der Waals surface area contributed by atoms with E-state index in [1.54, 1.807) is 20.9 Å². The quantitative estimate of drug-likeness (QED) is 0.553. The zero-order chi connectivity index (χ0) is 24.4. The Morgan fingerprint density at radius 2 is 1.68 bits per heavy atom. The predicted molar refractivity (Wildman–Crippen MR) is 126 cm³/mol. The van der Waals surface area contributed by atoms with Gasteiger partial charge in [-0.05, 0) is 36.1 Å². The summed E-state index contributed by atoms with van der Waals surface area (Å²) in [6.07, 6.45) is 0.617. The summed E-state index contributed by atoms with van der Waals surface area (Å²) in [5.74, 6) is -1.78. The van der Waals surface area contributed by atoms with Gasteiger partial charge in [0.05, 0.1) is 11.9 Å². The molecule has 3 aromatic rings. The number of aromatic nitrogens is 2. The molecule has 0 unspecified atom stereocenters. The van der Waals surface area contributed by atoms with Crippen molar-refractivity contribution in [3.05, 3.63) is 71.5 Å². The third-order valence-corrected chi connectivity index (χ3v) is 5.91. The number of aryl methyl sites for hydroxylation is 1. The number of benzene rings is 2. The molecular formula is C25H26N4O5. The normalized spacial score (nSPS) is 12.2. The van der Waals surface area contributed by atoms with Crippen molar-refractivity contribution in [1.82, 2.24) is 14.7 Å². The van der Waals surface area contributed by atoms with Crippen LogP contribution in [0, 0.1) is 0 Å². The molecule has 2 amide bonds. The van der Waals surface area contributed by atoms with E-state index in [4.69, 9.17) is 4.74 Å². The highest BCUT2D eigenvalue weighted by Crippen LogP contribution is 2.44. The van der Waals surface area contributed by atoms with Crippen LogP contribution in [0.3, 0.4) is 0 Å². The van der Waals surface area contributed by atoms with Gasteiger partial charge in [-0.2, -0.15) is 5.10 Å². The van der Waals surface area contributed by atoms with Gasteiger partial charge in [-0.3, -0.25) is 19.6 Å². The lowest BCUT2D eigenvalue weighted by Crippen LogP contribution is -2.41. The van der Waals surface area contributed by atoms with Gasteiger partial charge in [0.15, 0.2) is 0 Å². The Hall–Kier alpha value is -4.14. The van der Waals surface area contributed by atoms with E-state index in [0.29, 0.717) is 0 Å². The van der Waals surface area contributed by atoms with Crippen LogP contribution in [0.1, 0.15) is 41.4 Å². The molecule has 1 heterocycles. The van der Waals surface area contributed by atoms with Crippen LogP contribution in [-0.4, -0.2) is 57.0 Å². The van der Waals surface area contributed by atoms with Gasteiger partial charge >= 0.3 is 12.1 Å². The summed E-state index contributed by atoms with van der Waals surface area (Å²) in [7, 11) is 1.55. The lowest BCUT2D eigenvalue weighted by molar-refractivity contribution is -0.138. The highest BCUT2D eigenvalue weighted by molar-refractivity contribution is 6.02. The van der Waals surface area contributed by atoms with Gasteiger partial charge in [0.25, 0.3) is 5.91 Å². The average molecular weight is 463 g/mol. The summed E-state index contributed by atoms with van der Waals surface area (Å²) in [5, 5.41) is 15.8. The summed E-state index contributed by atoms with van der Waals surface area (Å²) < 4.78 is 6.86. The number of nitrogens with zero attached hydrogens (tertiary/aromatic N) is 3. The number of carboxylic acid groups (broad SMARTS) is 1. The van der Waals surface area contributed by atoms with Crippen molar-refractivity contribution in [3.63, 3.8) is 0 Å². The molecule has 34 heavy (non-hydrogen) atoms. The highest BCUT2D eigenvalue weighted by Gasteiger charge is 2.30. The second kappa shape index (κ2) is 9.38. The van der Waals surface area contributed by atoms with Crippen molar-refractivity contribution < 1.29 is 24.2 Å². The molecule has 2 N–H and O–H groups in total. The SMILES string of the molecule is CC(C)N(CC(=O)O)C(=O)c1c(NC(=O)OCC2c3ccccc3-c3ccccc32)cnn1C. The Kier molecular flexibility index (Phi) is 6.36. The van der Waals surface area contributed by atoms with Crippen molar-refractivity contribution in [2.45, 2.75) is 25.8 Å². The van der Waals surface area contributed by atoms with E-state index in [1.165, 1.54) is 15.8 Å². The number of carbonyl (C=O) groups excluding carboxylic acids is 2. The van der Waals surface area contributed by atoms with Crippen molar-refractivity contribution in [3.8, 4) is 11.1 Å². The number of nitrogens with one attached hydrogen (secondary N) is 1. The molecule has 0 fully saturated rings. The zero-order valence-electron chi connectivity index (χ0n) is 19.2. The Morgan fingerprint density at radius 1 is 1.09 bits per heavy atom. The van der Waals surface area contributed by atoms with Crippen LogP contribution in [0.2, 0.25) is 0 Å². The van der Waals surface area contributed by atoms with Crippen LogP contribution in [0.5, 0.6) is 0 Å². The van der Waals surface area contributed by atoms with Crippen LogP contribution in [0.15, 0.2) is 54.7 Å². The van der Waals surface area contributed by atoms with Crippen molar-refractivity contribution in [2.75, 3.05) is 18.5 Å². The molecule has 1 aromatic heterocycles. The molecule has 9 nitrogen and oxygen atoms in total. The zero-order valence-corrected chi connectivity index (χ0v) is 19.2. The first-order valence-electron chi connectivity index (χ1n) is 10.9.